The number of carbonyl (C=O) groups is 1. The monoisotopic (exact) mass is 514 g/mol. The maximum Gasteiger partial charge on any atom is 0.341 e. The largest absolute Gasteiger partial charge is 0.492 e. The van der Waals surface area contributed by atoms with E-state index in [1.165, 1.54) is 44.1 Å². The number of anilines is 1. The van der Waals surface area contributed by atoms with Crippen LogP contribution < -0.4 is 9.46 Å². The first-order chi connectivity index (χ1) is 17.4. The minimum Gasteiger partial charge on any atom is -0.492 e. The molecule has 194 valence electrons. The highest BCUT2D eigenvalue weighted by Gasteiger charge is 2.45. The van der Waals surface area contributed by atoms with Crippen molar-refractivity contribution in [3.8, 4) is 5.75 Å². The first-order valence-electron chi connectivity index (χ1n) is 13.2. The van der Waals surface area contributed by atoms with Crippen molar-refractivity contribution in [1.29, 1.82) is 0 Å². The zero-order valence-corrected chi connectivity index (χ0v) is 21.6. The molecule has 4 atom stereocenters. The van der Waals surface area contributed by atoms with Crippen LogP contribution in [0, 0.1) is 17.7 Å². The molecule has 3 aliphatic rings. The number of unbranched alkanes of at least 4 members (excludes halogenated alkanes) is 2. The van der Waals surface area contributed by atoms with Crippen LogP contribution in [0.25, 0.3) is 0 Å². The fraction of sp³-hybridized carbons (Fsp3) is 0.536. The molecule has 2 aromatic rings. The number of rotatable bonds is 11. The van der Waals surface area contributed by atoms with Gasteiger partial charge in [0.05, 0.1) is 17.2 Å². The van der Waals surface area contributed by atoms with Gasteiger partial charge in [-0.1, -0.05) is 25.8 Å². The van der Waals surface area contributed by atoms with Gasteiger partial charge in [0, 0.05) is 12.5 Å². The maximum atomic E-state index is 14.1. The zero-order valence-electron chi connectivity index (χ0n) is 20.8. The molecule has 2 aliphatic heterocycles. The lowest BCUT2D eigenvalue weighted by atomic mass is 9.99. The van der Waals surface area contributed by atoms with Gasteiger partial charge in [0.2, 0.25) is 0 Å². The molecule has 1 aliphatic carbocycles. The van der Waals surface area contributed by atoms with Gasteiger partial charge in [-0.3, -0.25) is 0 Å². The van der Waals surface area contributed by atoms with Crippen molar-refractivity contribution in [2.24, 2.45) is 11.8 Å². The third-order valence-corrected chi connectivity index (χ3v) is 9.17. The number of aryl methyl sites for hydroxylation is 1. The van der Waals surface area contributed by atoms with Gasteiger partial charge in [-0.05, 0) is 92.4 Å². The molecule has 36 heavy (non-hydrogen) atoms. The summed E-state index contributed by atoms with van der Waals surface area (Å²) in [5.41, 5.74) is 1.89. The van der Waals surface area contributed by atoms with Crippen molar-refractivity contribution in [2.45, 2.75) is 62.7 Å². The Morgan fingerprint density at radius 2 is 2.11 bits per heavy atom. The lowest BCUT2D eigenvalue weighted by Crippen LogP contribution is -2.19. The molecular weight excluding hydrogens is 479 g/mol. The van der Waals surface area contributed by atoms with Crippen LogP contribution in [0.15, 0.2) is 35.2 Å². The smallest absolute Gasteiger partial charge is 0.341 e. The van der Waals surface area contributed by atoms with Gasteiger partial charge in [-0.2, -0.15) is 0 Å². The minimum absolute atomic E-state index is 0.0170. The van der Waals surface area contributed by atoms with E-state index in [0.29, 0.717) is 41.1 Å². The van der Waals surface area contributed by atoms with E-state index in [-0.39, 0.29) is 17.1 Å². The van der Waals surface area contributed by atoms with Crippen LogP contribution in [0.2, 0.25) is 0 Å². The van der Waals surface area contributed by atoms with Gasteiger partial charge in [0.15, 0.2) is 11.0 Å². The van der Waals surface area contributed by atoms with Crippen LogP contribution in [0.1, 0.15) is 72.9 Å². The molecule has 0 radical (unpaired) electrons. The van der Waals surface area contributed by atoms with Gasteiger partial charge in [-0.15, -0.1) is 0 Å². The van der Waals surface area contributed by atoms with Crippen LogP contribution in [0.5, 0.6) is 5.75 Å². The molecule has 1 saturated heterocycles. The molecule has 2 heterocycles. The van der Waals surface area contributed by atoms with Crippen molar-refractivity contribution < 1.29 is 23.2 Å². The van der Waals surface area contributed by atoms with Gasteiger partial charge >= 0.3 is 5.97 Å². The number of aromatic carboxylic acids is 1. The summed E-state index contributed by atoms with van der Waals surface area (Å²) in [7, 11) is -1.74. The van der Waals surface area contributed by atoms with Gasteiger partial charge in [0.25, 0.3) is 0 Å². The molecule has 2 N–H and O–H groups in total. The number of hydrogen-bond donors (Lipinski definition) is 2. The Morgan fingerprint density at radius 1 is 1.25 bits per heavy atom. The summed E-state index contributed by atoms with van der Waals surface area (Å²) >= 11 is 0. The van der Waals surface area contributed by atoms with Crippen LogP contribution in [0.3, 0.4) is 0 Å². The van der Waals surface area contributed by atoms with E-state index in [1.807, 2.05) is 6.07 Å². The van der Waals surface area contributed by atoms with Crippen LogP contribution in [-0.2, 0) is 17.4 Å². The standard InChI is InChI=1S/C28H35FN2O4S/c1-2-31-13-12-18(16-31)6-4-3-5-7-19-14-21(29)8-11-25(19)36(34)30-24-10-9-22-23-15-20(23)17-35-27(22)26(24)28(32)33/h8-11,14,18,20,23,30H,2-7,12-13,15-17H2,1H3,(H,32,33). The zero-order chi connectivity index (χ0) is 25.2. The Kier molecular flexibility index (Phi) is 7.62. The summed E-state index contributed by atoms with van der Waals surface area (Å²) < 4.78 is 36.1. The molecular formula is C28H35FN2O4S. The van der Waals surface area contributed by atoms with E-state index in [2.05, 4.69) is 16.5 Å². The number of carboxylic acid groups (broad SMARTS) is 1. The SMILES string of the molecule is CCN1CCC(CCCCCc2cc(F)ccc2S(=O)Nc2ccc3c(c2C(=O)O)OCC2CC32)C1. The molecule has 6 nitrogen and oxygen atoms in total. The van der Waals surface area contributed by atoms with Gasteiger partial charge in [0.1, 0.15) is 17.1 Å². The molecule has 0 bridgehead atoms. The summed E-state index contributed by atoms with van der Waals surface area (Å²) in [5.74, 6) is 0.512. The third-order valence-electron chi connectivity index (χ3n) is 7.97. The van der Waals surface area contributed by atoms with E-state index >= 15 is 0 Å². The highest BCUT2D eigenvalue weighted by atomic mass is 32.2. The molecule has 2 fully saturated rings. The van der Waals surface area contributed by atoms with Gasteiger partial charge < -0.3 is 19.5 Å². The number of fused-ring (bicyclic) bond motifs is 3. The molecule has 1 saturated carbocycles. The number of hydrogen-bond acceptors (Lipinski definition) is 4. The van der Waals surface area contributed by atoms with Crippen molar-refractivity contribution in [3.05, 3.63) is 52.8 Å². The Labute approximate surface area is 214 Å². The minimum atomic E-state index is -1.74. The first-order valence-corrected chi connectivity index (χ1v) is 14.3. The van der Waals surface area contributed by atoms with Crippen molar-refractivity contribution >= 4 is 22.6 Å². The van der Waals surface area contributed by atoms with E-state index in [0.717, 1.165) is 43.7 Å². The fourth-order valence-electron chi connectivity index (χ4n) is 5.79. The van der Waals surface area contributed by atoms with Crippen LogP contribution >= 0.6 is 0 Å². The third kappa shape index (κ3) is 5.44. The number of likely N-dealkylation sites (tertiary alicyclic amines) is 1. The number of nitrogens with one attached hydrogen (secondary N) is 1. The quantitative estimate of drug-likeness (QED) is 0.382. The van der Waals surface area contributed by atoms with Crippen molar-refractivity contribution in [3.63, 3.8) is 0 Å². The van der Waals surface area contributed by atoms with Crippen LogP contribution in [-0.4, -0.2) is 46.4 Å². The molecule has 2 aromatic carbocycles. The maximum absolute atomic E-state index is 14.1. The van der Waals surface area contributed by atoms with Gasteiger partial charge in [-0.25, -0.2) is 13.4 Å². The summed E-state index contributed by atoms with van der Waals surface area (Å²) in [5, 5.41) is 9.90. The highest BCUT2D eigenvalue weighted by Crippen LogP contribution is 2.55. The van der Waals surface area contributed by atoms with E-state index in [4.69, 9.17) is 4.74 Å². The summed E-state index contributed by atoms with van der Waals surface area (Å²) in [6.45, 7) is 6.25. The molecule has 4 unspecified atom stereocenters. The lowest BCUT2D eigenvalue weighted by molar-refractivity contribution is 0.0692. The number of halogens is 1. The first kappa shape index (κ1) is 25.2. The molecule has 0 aromatic heterocycles. The van der Waals surface area contributed by atoms with E-state index in [9.17, 15) is 18.5 Å². The Hall–Kier alpha value is -2.45. The molecule has 5 rings (SSSR count). The predicted octanol–water partition coefficient (Wildman–Crippen LogP) is 5.60. The second kappa shape index (κ2) is 10.9. The number of carboxylic acids is 1. The van der Waals surface area contributed by atoms with E-state index in [1.54, 1.807) is 6.07 Å². The summed E-state index contributed by atoms with van der Waals surface area (Å²) in [6, 6.07) is 7.85. The highest BCUT2D eigenvalue weighted by molar-refractivity contribution is 7.86. The average Bonchev–Trinajstić information content (AvgIpc) is 3.52. The number of benzene rings is 2. The fourth-order valence-corrected chi connectivity index (χ4v) is 6.86. The summed E-state index contributed by atoms with van der Waals surface area (Å²) in [4.78, 5) is 15.1. The second-order valence-corrected chi connectivity index (χ2v) is 11.6. The van der Waals surface area contributed by atoms with Crippen molar-refractivity contribution in [1.82, 2.24) is 4.90 Å². The number of ether oxygens (including phenoxy) is 1. The molecule has 8 heteroatoms. The molecule has 0 amide bonds. The summed E-state index contributed by atoms with van der Waals surface area (Å²) in [6.07, 6.45) is 7.24. The Morgan fingerprint density at radius 3 is 2.89 bits per heavy atom. The normalized spacial score (nSPS) is 23.4. The Bertz CT molecular complexity index is 1160. The number of nitrogens with zero attached hydrogens (tertiary/aromatic N) is 1. The second-order valence-electron chi connectivity index (χ2n) is 10.4. The average molecular weight is 515 g/mol. The topological polar surface area (TPSA) is 78.9 Å². The van der Waals surface area contributed by atoms with Crippen LogP contribution in [0.4, 0.5) is 10.1 Å². The lowest BCUT2D eigenvalue weighted by Gasteiger charge is -2.21. The molecule has 0 spiro atoms. The van der Waals surface area contributed by atoms with Crippen molar-refractivity contribution in [2.75, 3.05) is 31.0 Å². The Balaban J connectivity index is 1.23. The predicted molar refractivity (Wildman–Crippen MR) is 139 cm³/mol. The van der Waals surface area contributed by atoms with E-state index < -0.39 is 17.0 Å².